The summed E-state index contributed by atoms with van der Waals surface area (Å²) >= 11 is 0. The lowest BCUT2D eigenvalue weighted by molar-refractivity contribution is -0.139. The van der Waals surface area contributed by atoms with Gasteiger partial charge in [-0.25, -0.2) is 4.79 Å². The first kappa shape index (κ1) is 11.8. The van der Waals surface area contributed by atoms with E-state index in [-0.39, 0.29) is 11.8 Å². The van der Waals surface area contributed by atoms with Crippen molar-refractivity contribution in [1.29, 1.82) is 0 Å². The summed E-state index contributed by atoms with van der Waals surface area (Å²) in [4.78, 5) is 22.2. The Bertz CT molecular complexity index is 250. The number of nitrogens with one attached hydrogen (secondary N) is 1. The maximum atomic E-state index is 11.5. The van der Waals surface area contributed by atoms with Crippen molar-refractivity contribution in [2.75, 3.05) is 13.2 Å². The zero-order valence-corrected chi connectivity index (χ0v) is 8.83. The van der Waals surface area contributed by atoms with E-state index in [1.165, 1.54) is 0 Å². The van der Waals surface area contributed by atoms with E-state index in [0.29, 0.717) is 13.0 Å². The number of esters is 1. The maximum absolute atomic E-state index is 11.5. The fourth-order valence-corrected chi connectivity index (χ4v) is 1.64. The Hall–Kier alpha value is -1.32. The van der Waals surface area contributed by atoms with Crippen molar-refractivity contribution < 1.29 is 14.3 Å². The van der Waals surface area contributed by atoms with Crippen LogP contribution in [-0.4, -0.2) is 25.0 Å². The molecule has 1 amide bonds. The highest BCUT2D eigenvalue weighted by Gasteiger charge is 2.20. The van der Waals surface area contributed by atoms with Gasteiger partial charge in [0.05, 0.1) is 6.61 Å². The summed E-state index contributed by atoms with van der Waals surface area (Å²) in [7, 11) is 0. The summed E-state index contributed by atoms with van der Waals surface area (Å²) in [6.07, 6.45) is 4.71. The van der Waals surface area contributed by atoms with E-state index >= 15 is 0 Å². The summed E-state index contributed by atoms with van der Waals surface area (Å²) in [5.41, 5.74) is 0. The molecule has 1 aliphatic rings. The number of hydrogen-bond acceptors (Lipinski definition) is 3. The van der Waals surface area contributed by atoms with Gasteiger partial charge in [0, 0.05) is 18.5 Å². The van der Waals surface area contributed by atoms with E-state index in [1.807, 2.05) is 0 Å². The van der Waals surface area contributed by atoms with Crippen LogP contribution < -0.4 is 5.32 Å². The first-order valence-electron chi connectivity index (χ1n) is 5.31. The predicted octanol–water partition coefficient (Wildman–Crippen LogP) is 1.02. The third kappa shape index (κ3) is 4.14. The molecule has 1 aliphatic heterocycles. The molecule has 4 heteroatoms. The number of hydrogen-bond donors (Lipinski definition) is 1. The van der Waals surface area contributed by atoms with Crippen LogP contribution in [0.2, 0.25) is 0 Å². The number of amides is 1. The van der Waals surface area contributed by atoms with E-state index in [4.69, 9.17) is 4.74 Å². The molecule has 1 N–H and O–H groups in total. The largest absolute Gasteiger partial charge is 0.463 e. The molecule has 1 fully saturated rings. The number of rotatable bonds is 4. The van der Waals surface area contributed by atoms with Gasteiger partial charge in [0.2, 0.25) is 5.91 Å². The maximum Gasteiger partial charge on any atom is 0.330 e. The normalized spacial score (nSPS) is 21.3. The monoisotopic (exact) mass is 211 g/mol. The van der Waals surface area contributed by atoms with Crippen LogP contribution in [0.3, 0.4) is 0 Å². The third-order valence-electron chi connectivity index (χ3n) is 2.53. The molecule has 0 aliphatic carbocycles. The molecule has 0 saturated carbocycles. The van der Waals surface area contributed by atoms with Crippen LogP contribution in [0.15, 0.2) is 12.7 Å². The zero-order valence-electron chi connectivity index (χ0n) is 8.83. The standard InChI is InChI=1S/C11H17NO3/c1-2-10(13)15-8-6-9-5-3-4-7-12-11(9)14/h2,9H,1,3-8H2,(H,12,14). The molecule has 4 nitrogen and oxygen atoms in total. The Balaban J connectivity index is 2.26. The Morgan fingerprint density at radius 2 is 2.40 bits per heavy atom. The molecule has 0 radical (unpaired) electrons. The molecule has 0 bridgehead atoms. The summed E-state index contributed by atoms with van der Waals surface area (Å²) in [5.74, 6) is -0.351. The minimum Gasteiger partial charge on any atom is -0.463 e. The molecule has 1 atom stereocenters. The van der Waals surface area contributed by atoms with Crippen LogP contribution in [0.1, 0.15) is 25.7 Å². The van der Waals surface area contributed by atoms with E-state index in [9.17, 15) is 9.59 Å². The van der Waals surface area contributed by atoms with Crippen LogP contribution in [0.5, 0.6) is 0 Å². The lowest BCUT2D eigenvalue weighted by atomic mass is 9.99. The van der Waals surface area contributed by atoms with Crippen LogP contribution in [0.4, 0.5) is 0 Å². The molecule has 1 heterocycles. The lowest BCUT2D eigenvalue weighted by Crippen LogP contribution is -2.29. The lowest BCUT2D eigenvalue weighted by Gasteiger charge is -2.12. The van der Waals surface area contributed by atoms with Gasteiger partial charge in [-0.05, 0) is 19.3 Å². The van der Waals surface area contributed by atoms with Gasteiger partial charge in [-0.1, -0.05) is 13.0 Å². The molecule has 0 aromatic rings. The fraction of sp³-hybridized carbons (Fsp3) is 0.636. The highest BCUT2D eigenvalue weighted by atomic mass is 16.5. The molecule has 15 heavy (non-hydrogen) atoms. The molecular formula is C11H17NO3. The fourth-order valence-electron chi connectivity index (χ4n) is 1.64. The van der Waals surface area contributed by atoms with Crippen molar-refractivity contribution in [3.8, 4) is 0 Å². The van der Waals surface area contributed by atoms with Crippen molar-refractivity contribution in [2.45, 2.75) is 25.7 Å². The van der Waals surface area contributed by atoms with Crippen molar-refractivity contribution in [3.63, 3.8) is 0 Å². The second-order valence-corrected chi connectivity index (χ2v) is 3.64. The van der Waals surface area contributed by atoms with Gasteiger partial charge in [-0.2, -0.15) is 0 Å². The molecule has 1 unspecified atom stereocenters. The third-order valence-corrected chi connectivity index (χ3v) is 2.53. The highest BCUT2D eigenvalue weighted by molar-refractivity contribution is 5.81. The second-order valence-electron chi connectivity index (χ2n) is 3.64. The molecule has 0 aromatic heterocycles. The summed E-state index contributed by atoms with van der Waals surface area (Å²) < 4.78 is 4.85. The zero-order chi connectivity index (χ0) is 11.1. The van der Waals surface area contributed by atoms with E-state index in [1.54, 1.807) is 0 Å². The van der Waals surface area contributed by atoms with E-state index in [2.05, 4.69) is 11.9 Å². The Morgan fingerprint density at radius 1 is 1.60 bits per heavy atom. The van der Waals surface area contributed by atoms with Crippen molar-refractivity contribution in [3.05, 3.63) is 12.7 Å². The quantitative estimate of drug-likeness (QED) is 0.558. The molecular weight excluding hydrogens is 194 g/mol. The first-order valence-corrected chi connectivity index (χ1v) is 5.31. The number of ether oxygens (including phenoxy) is 1. The van der Waals surface area contributed by atoms with Crippen LogP contribution in [-0.2, 0) is 14.3 Å². The minimum absolute atomic E-state index is 0.00915. The van der Waals surface area contributed by atoms with Gasteiger partial charge in [0.25, 0.3) is 0 Å². The molecule has 0 spiro atoms. The number of carbonyl (C=O) groups excluding carboxylic acids is 2. The van der Waals surface area contributed by atoms with E-state index < -0.39 is 5.97 Å². The molecule has 1 saturated heterocycles. The predicted molar refractivity (Wildman–Crippen MR) is 56.1 cm³/mol. The average Bonchev–Trinajstić information content (AvgIpc) is 2.44. The van der Waals surface area contributed by atoms with E-state index in [0.717, 1.165) is 31.9 Å². The van der Waals surface area contributed by atoms with Crippen LogP contribution in [0, 0.1) is 5.92 Å². The van der Waals surface area contributed by atoms with Crippen LogP contribution >= 0.6 is 0 Å². The van der Waals surface area contributed by atoms with Gasteiger partial charge in [0.15, 0.2) is 0 Å². The summed E-state index contributed by atoms with van der Waals surface area (Å²) in [6, 6.07) is 0. The average molecular weight is 211 g/mol. The van der Waals surface area contributed by atoms with Gasteiger partial charge in [0.1, 0.15) is 0 Å². The Kier molecular flexibility index (Phi) is 4.87. The van der Waals surface area contributed by atoms with Crippen molar-refractivity contribution >= 4 is 11.9 Å². The van der Waals surface area contributed by atoms with Crippen LogP contribution in [0.25, 0.3) is 0 Å². The van der Waals surface area contributed by atoms with Gasteiger partial charge in [-0.15, -0.1) is 0 Å². The first-order chi connectivity index (χ1) is 7.24. The Morgan fingerprint density at radius 3 is 3.13 bits per heavy atom. The smallest absolute Gasteiger partial charge is 0.330 e. The topological polar surface area (TPSA) is 55.4 Å². The molecule has 0 aromatic carbocycles. The number of carbonyl (C=O) groups is 2. The SMILES string of the molecule is C=CC(=O)OCCC1CCCCNC1=O. The van der Waals surface area contributed by atoms with Gasteiger partial charge in [-0.3, -0.25) is 4.79 Å². The van der Waals surface area contributed by atoms with Gasteiger partial charge < -0.3 is 10.1 Å². The van der Waals surface area contributed by atoms with Crippen molar-refractivity contribution in [2.24, 2.45) is 5.92 Å². The van der Waals surface area contributed by atoms with Crippen molar-refractivity contribution in [1.82, 2.24) is 5.32 Å². The Labute approximate surface area is 89.7 Å². The summed E-state index contributed by atoms with van der Waals surface area (Å²) in [6.45, 7) is 4.36. The molecule has 1 rings (SSSR count). The highest BCUT2D eigenvalue weighted by Crippen LogP contribution is 2.15. The minimum atomic E-state index is -0.427. The second kappa shape index (κ2) is 6.22. The summed E-state index contributed by atoms with van der Waals surface area (Å²) in [5, 5.41) is 2.85. The van der Waals surface area contributed by atoms with Gasteiger partial charge >= 0.3 is 5.97 Å². The molecule has 84 valence electrons.